The van der Waals surface area contributed by atoms with Gasteiger partial charge in [0.1, 0.15) is 5.75 Å². The average Bonchev–Trinajstić information content (AvgIpc) is 3.13. The second kappa shape index (κ2) is 8.13. The third kappa shape index (κ3) is 4.16. The van der Waals surface area contributed by atoms with Crippen LogP contribution in [-0.4, -0.2) is 18.9 Å². The van der Waals surface area contributed by atoms with Crippen LogP contribution in [0, 0.1) is 0 Å². The number of benzene rings is 2. The number of nitrogens with one attached hydrogen (secondary N) is 2. The summed E-state index contributed by atoms with van der Waals surface area (Å²) in [6, 6.07) is 13.2. The summed E-state index contributed by atoms with van der Waals surface area (Å²) in [7, 11) is 1.56. The summed E-state index contributed by atoms with van der Waals surface area (Å²) >= 11 is 3.51. The highest BCUT2D eigenvalue weighted by molar-refractivity contribution is 9.10. The largest absolute Gasteiger partial charge is 0.495 e. The Morgan fingerprint density at radius 3 is 2.44 bits per heavy atom. The number of carbonyl (C=O) groups excluding carboxylic acids is 2. The van der Waals surface area contributed by atoms with Gasteiger partial charge in [0.25, 0.3) is 0 Å². The lowest BCUT2D eigenvalue weighted by molar-refractivity contribution is -0.121. The number of hydrogen-bond acceptors (Lipinski definition) is 3. The molecule has 6 heteroatoms. The van der Waals surface area contributed by atoms with Crippen molar-refractivity contribution in [3.8, 4) is 5.75 Å². The highest BCUT2D eigenvalue weighted by atomic mass is 79.9. The minimum atomic E-state index is -0.557. The first-order valence-corrected chi connectivity index (χ1v) is 9.77. The number of methoxy groups -OCH3 is 1. The molecule has 27 heavy (non-hydrogen) atoms. The first-order valence-electron chi connectivity index (χ1n) is 8.98. The van der Waals surface area contributed by atoms with Gasteiger partial charge in [-0.05, 0) is 48.7 Å². The van der Waals surface area contributed by atoms with Crippen molar-refractivity contribution in [1.29, 1.82) is 0 Å². The van der Waals surface area contributed by atoms with Crippen molar-refractivity contribution >= 4 is 39.1 Å². The topological polar surface area (TPSA) is 67.4 Å². The molecule has 1 fully saturated rings. The SMILES string of the molecule is COc1ccc(NC(C)=O)cc1NC(=O)C1(c2cccc(Br)c2)CCCC1. The van der Waals surface area contributed by atoms with E-state index in [-0.39, 0.29) is 11.8 Å². The van der Waals surface area contributed by atoms with E-state index >= 15 is 0 Å². The highest BCUT2D eigenvalue weighted by Crippen LogP contribution is 2.43. The third-order valence-electron chi connectivity index (χ3n) is 5.04. The van der Waals surface area contributed by atoms with E-state index in [1.165, 1.54) is 6.92 Å². The molecule has 0 aromatic heterocycles. The standard InChI is InChI=1S/C21H23BrN2O3/c1-14(25)23-17-8-9-19(27-2)18(13-17)24-20(26)21(10-3-4-11-21)15-6-5-7-16(22)12-15/h5-9,12-13H,3-4,10-11H2,1-2H3,(H,23,25)(H,24,26). The summed E-state index contributed by atoms with van der Waals surface area (Å²) in [5, 5.41) is 5.78. The zero-order chi connectivity index (χ0) is 19.4. The minimum absolute atomic E-state index is 0.0450. The van der Waals surface area contributed by atoms with E-state index in [2.05, 4.69) is 26.6 Å². The van der Waals surface area contributed by atoms with Crippen LogP contribution in [-0.2, 0) is 15.0 Å². The Kier molecular flexibility index (Phi) is 5.85. The summed E-state index contributed by atoms with van der Waals surface area (Å²) < 4.78 is 6.35. The molecule has 1 aliphatic rings. The molecule has 0 atom stereocenters. The summed E-state index contributed by atoms with van der Waals surface area (Å²) in [5.74, 6) is 0.343. The first-order chi connectivity index (χ1) is 12.9. The van der Waals surface area contributed by atoms with E-state index in [0.29, 0.717) is 17.1 Å². The fourth-order valence-corrected chi connectivity index (χ4v) is 4.14. The lowest BCUT2D eigenvalue weighted by Gasteiger charge is -2.29. The molecule has 1 saturated carbocycles. The van der Waals surface area contributed by atoms with E-state index in [1.54, 1.807) is 25.3 Å². The van der Waals surface area contributed by atoms with Gasteiger partial charge in [-0.1, -0.05) is 40.9 Å². The molecule has 2 amide bonds. The Hall–Kier alpha value is -2.34. The Balaban J connectivity index is 1.94. The van der Waals surface area contributed by atoms with E-state index in [1.807, 2.05) is 24.3 Å². The van der Waals surface area contributed by atoms with Gasteiger partial charge < -0.3 is 15.4 Å². The van der Waals surface area contributed by atoms with Gasteiger partial charge in [0.2, 0.25) is 11.8 Å². The number of carbonyl (C=O) groups is 2. The summed E-state index contributed by atoms with van der Waals surface area (Å²) in [4.78, 5) is 24.7. The van der Waals surface area contributed by atoms with Gasteiger partial charge in [-0.2, -0.15) is 0 Å². The normalized spacial score (nSPS) is 15.2. The Morgan fingerprint density at radius 1 is 1.07 bits per heavy atom. The van der Waals surface area contributed by atoms with E-state index in [9.17, 15) is 9.59 Å². The van der Waals surface area contributed by atoms with E-state index < -0.39 is 5.41 Å². The zero-order valence-electron chi connectivity index (χ0n) is 15.5. The van der Waals surface area contributed by atoms with Gasteiger partial charge >= 0.3 is 0 Å². The lowest BCUT2D eigenvalue weighted by Crippen LogP contribution is -2.38. The summed E-state index contributed by atoms with van der Waals surface area (Å²) in [6.07, 6.45) is 3.65. The van der Waals surface area contributed by atoms with E-state index in [4.69, 9.17) is 4.74 Å². The minimum Gasteiger partial charge on any atom is -0.495 e. The fourth-order valence-electron chi connectivity index (χ4n) is 3.74. The number of ether oxygens (including phenoxy) is 1. The predicted molar refractivity (Wildman–Crippen MR) is 110 cm³/mol. The molecule has 0 radical (unpaired) electrons. The quantitative estimate of drug-likeness (QED) is 0.710. The summed E-state index contributed by atoms with van der Waals surface area (Å²) in [6.45, 7) is 1.45. The Labute approximate surface area is 167 Å². The maximum atomic E-state index is 13.4. The van der Waals surface area contributed by atoms with Crippen LogP contribution in [0.1, 0.15) is 38.2 Å². The van der Waals surface area contributed by atoms with Gasteiger partial charge in [0, 0.05) is 17.1 Å². The maximum Gasteiger partial charge on any atom is 0.235 e. The van der Waals surface area contributed by atoms with Gasteiger partial charge in [-0.3, -0.25) is 9.59 Å². The van der Waals surface area contributed by atoms with Crippen LogP contribution < -0.4 is 15.4 Å². The number of amides is 2. The average molecular weight is 431 g/mol. The van der Waals surface area contributed by atoms with Crippen LogP contribution in [0.15, 0.2) is 46.9 Å². The van der Waals surface area contributed by atoms with Crippen molar-refractivity contribution in [2.24, 2.45) is 0 Å². The predicted octanol–water partition coefficient (Wildman–Crippen LogP) is 4.87. The molecule has 5 nitrogen and oxygen atoms in total. The Bertz CT molecular complexity index is 860. The zero-order valence-corrected chi connectivity index (χ0v) is 17.1. The second-order valence-electron chi connectivity index (χ2n) is 6.85. The van der Waals surface area contributed by atoms with Gasteiger partial charge in [0.05, 0.1) is 18.2 Å². The molecule has 2 aromatic carbocycles. The molecule has 0 aliphatic heterocycles. The molecule has 2 N–H and O–H groups in total. The molecule has 1 aliphatic carbocycles. The molecule has 3 rings (SSSR count). The molecule has 0 spiro atoms. The molecule has 0 bridgehead atoms. The lowest BCUT2D eigenvalue weighted by atomic mass is 9.78. The summed E-state index contributed by atoms with van der Waals surface area (Å²) in [5.41, 5.74) is 1.62. The number of rotatable bonds is 5. The molecule has 0 unspecified atom stereocenters. The smallest absolute Gasteiger partial charge is 0.235 e. The van der Waals surface area contributed by atoms with Crippen molar-refractivity contribution in [1.82, 2.24) is 0 Å². The highest BCUT2D eigenvalue weighted by Gasteiger charge is 2.43. The van der Waals surface area contributed by atoms with Crippen molar-refractivity contribution in [3.05, 3.63) is 52.5 Å². The third-order valence-corrected chi connectivity index (χ3v) is 5.53. The monoisotopic (exact) mass is 430 g/mol. The molecule has 142 valence electrons. The molecule has 2 aromatic rings. The van der Waals surface area contributed by atoms with Crippen molar-refractivity contribution in [2.75, 3.05) is 17.7 Å². The van der Waals surface area contributed by atoms with Gasteiger partial charge in [-0.25, -0.2) is 0 Å². The number of hydrogen-bond donors (Lipinski definition) is 2. The second-order valence-corrected chi connectivity index (χ2v) is 7.77. The van der Waals surface area contributed by atoms with Crippen LogP contribution >= 0.6 is 15.9 Å². The van der Waals surface area contributed by atoms with Crippen LogP contribution in [0.25, 0.3) is 0 Å². The fraction of sp³-hybridized carbons (Fsp3) is 0.333. The van der Waals surface area contributed by atoms with Crippen molar-refractivity contribution in [3.63, 3.8) is 0 Å². The number of halogens is 1. The Morgan fingerprint density at radius 2 is 1.81 bits per heavy atom. The molecule has 0 saturated heterocycles. The van der Waals surface area contributed by atoms with Crippen molar-refractivity contribution < 1.29 is 14.3 Å². The molecular weight excluding hydrogens is 408 g/mol. The van der Waals surface area contributed by atoms with Crippen molar-refractivity contribution in [2.45, 2.75) is 38.0 Å². The maximum absolute atomic E-state index is 13.4. The van der Waals surface area contributed by atoms with Crippen LogP contribution in [0.2, 0.25) is 0 Å². The van der Waals surface area contributed by atoms with Gasteiger partial charge in [0.15, 0.2) is 0 Å². The molecule has 0 heterocycles. The van der Waals surface area contributed by atoms with Crippen LogP contribution in [0.5, 0.6) is 5.75 Å². The van der Waals surface area contributed by atoms with Gasteiger partial charge in [-0.15, -0.1) is 0 Å². The first kappa shape index (κ1) is 19.4. The van der Waals surface area contributed by atoms with E-state index in [0.717, 1.165) is 35.7 Å². The van der Waals surface area contributed by atoms with Crippen LogP contribution in [0.3, 0.4) is 0 Å². The number of anilines is 2. The molecular formula is C21H23BrN2O3. The van der Waals surface area contributed by atoms with Crippen LogP contribution in [0.4, 0.5) is 11.4 Å².